The minimum atomic E-state index is -0.144. The maximum Gasteiger partial charge on any atom is 0.270 e. The molecule has 4 nitrogen and oxygen atoms in total. The van der Waals surface area contributed by atoms with Crippen molar-refractivity contribution in [2.24, 2.45) is 5.92 Å². The van der Waals surface area contributed by atoms with Crippen LogP contribution in [0.3, 0.4) is 0 Å². The van der Waals surface area contributed by atoms with Gasteiger partial charge in [-0.1, -0.05) is 62.1 Å². The molecule has 1 aliphatic heterocycles. The van der Waals surface area contributed by atoms with Gasteiger partial charge in [0, 0.05) is 0 Å². The van der Waals surface area contributed by atoms with Crippen LogP contribution in [0.5, 0.6) is 11.5 Å². The summed E-state index contributed by atoms with van der Waals surface area (Å²) in [5, 5.41) is 0. The number of hydrogen-bond acceptors (Lipinski definition) is 5. The van der Waals surface area contributed by atoms with Crippen LogP contribution in [0.2, 0.25) is 0 Å². The molecule has 0 atom stereocenters. The summed E-state index contributed by atoms with van der Waals surface area (Å²) in [6, 6.07) is 15.1. The second-order valence-corrected chi connectivity index (χ2v) is 8.14. The van der Waals surface area contributed by atoms with E-state index >= 15 is 0 Å². The van der Waals surface area contributed by atoms with E-state index in [9.17, 15) is 4.79 Å². The first kappa shape index (κ1) is 19.5. The Morgan fingerprint density at radius 3 is 2.52 bits per heavy atom. The largest absolute Gasteiger partial charge is 0.495 e. The first-order valence-electron chi connectivity index (χ1n) is 8.63. The van der Waals surface area contributed by atoms with Gasteiger partial charge in [0.15, 0.2) is 4.32 Å². The van der Waals surface area contributed by atoms with E-state index in [2.05, 4.69) is 13.8 Å². The van der Waals surface area contributed by atoms with Gasteiger partial charge in [-0.05, 0) is 41.8 Å². The Morgan fingerprint density at radius 2 is 1.85 bits per heavy atom. The Kier molecular flexibility index (Phi) is 6.19. The number of hydrogen-bond donors (Lipinski definition) is 0. The summed E-state index contributed by atoms with van der Waals surface area (Å²) < 4.78 is 11.6. The monoisotopic (exact) mass is 399 g/mol. The predicted octanol–water partition coefficient (Wildman–Crippen LogP) is 5.14. The SMILES string of the molecule is COc1ccccc1N1C(=O)/C(=C/c2ccc(OCC(C)C)cc2)SC1=S. The molecule has 0 radical (unpaired) electrons. The van der Waals surface area contributed by atoms with Crippen LogP contribution in [0.1, 0.15) is 19.4 Å². The summed E-state index contributed by atoms with van der Waals surface area (Å²) in [6.07, 6.45) is 1.85. The molecule has 1 aliphatic rings. The predicted molar refractivity (Wildman–Crippen MR) is 115 cm³/mol. The normalized spacial score (nSPS) is 15.7. The number of carbonyl (C=O) groups excluding carboxylic acids is 1. The van der Waals surface area contributed by atoms with E-state index in [1.165, 1.54) is 16.7 Å². The zero-order valence-corrected chi connectivity index (χ0v) is 17.1. The molecule has 0 aliphatic carbocycles. The molecule has 0 N–H and O–H groups in total. The summed E-state index contributed by atoms with van der Waals surface area (Å²) in [4.78, 5) is 15.0. The number of ether oxygens (including phenoxy) is 2. The molecule has 3 rings (SSSR count). The number of nitrogens with zero attached hydrogens (tertiary/aromatic N) is 1. The molecule has 27 heavy (non-hydrogen) atoms. The van der Waals surface area contributed by atoms with Crippen molar-refractivity contribution in [3.63, 3.8) is 0 Å². The highest BCUT2D eigenvalue weighted by Gasteiger charge is 2.34. The third-order valence-corrected chi connectivity index (χ3v) is 5.18. The second kappa shape index (κ2) is 8.59. The van der Waals surface area contributed by atoms with Crippen LogP contribution in [0.4, 0.5) is 5.69 Å². The van der Waals surface area contributed by atoms with Crippen LogP contribution >= 0.6 is 24.0 Å². The summed E-state index contributed by atoms with van der Waals surface area (Å²) in [5.41, 5.74) is 1.58. The topological polar surface area (TPSA) is 38.8 Å². The average molecular weight is 400 g/mol. The highest BCUT2D eigenvalue weighted by Crippen LogP contribution is 2.39. The minimum Gasteiger partial charge on any atom is -0.495 e. The summed E-state index contributed by atoms with van der Waals surface area (Å²) in [6.45, 7) is 4.90. The smallest absolute Gasteiger partial charge is 0.270 e. The summed E-state index contributed by atoms with van der Waals surface area (Å²) in [7, 11) is 1.58. The van der Waals surface area contributed by atoms with E-state index < -0.39 is 0 Å². The quantitative estimate of drug-likeness (QED) is 0.497. The van der Waals surface area contributed by atoms with Crippen LogP contribution in [0, 0.1) is 5.92 Å². The van der Waals surface area contributed by atoms with Crippen LogP contribution in [-0.4, -0.2) is 23.9 Å². The van der Waals surface area contributed by atoms with E-state index in [1.54, 1.807) is 7.11 Å². The fraction of sp³-hybridized carbons (Fsp3) is 0.238. The Hall–Kier alpha value is -2.31. The fourth-order valence-corrected chi connectivity index (χ4v) is 3.85. The molecule has 0 unspecified atom stereocenters. The lowest BCUT2D eigenvalue weighted by Crippen LogP contribution is -2.27. The van der Waals surface area contributed by atoms with Crippen molar-refractivity contribution in [3.05, 3.63) is 59.0 Å². The Morgan fingerprint density at radius 1 is 1.15 bits per heavy atom. The fourth-order valence-electron chi connectivity index (χ4n) is 2.56. The van der Waals surface area contributed by atoms with Crippen LogP contribution < -0.4 is 14.4 Å². The van der Waals surface area contributed by atoms with Gasteiger partial charge in [0.25, 0.3) is 5.91 Å². The number of amides is 1. The maximum absolute atomic E-state index is 12.9. The third kappa shape index (κ3) is 4.51. The van der Waals surface area contributed by atoms with Crippen molar-refractivity contribution in [2.75, 3.05) is 18.6 Å². The molecule has 1 saturated heterocycles. The third-order valence-electron chi connectivity index (χ3n) is 3.88. The summed E-state index contributed by atoms with van der Waals surface area (Å²) >= 11 is 6.72. The molecule has 0 bridgehead atoms. The number of anilines is 1. The van der Waals surface area contributed by atoms with Gasteiger partial charge in [0.05, 0.1) is 24.3 Å². The van der Waals surface area contributed by atoms with E-state index in [4.69, 9.17) is 21.7 Å². The van der Waals surface area contributed by atoms with Gasteiger partial charge in [-0.25, -0.2) is 0 Å². The molecule has 0 saturated carbocycles. The molecule has 0 aromatic heterocycles. The number of benzene rings is 2. The molecular weight excluding hydrogens is 378 g/mol. The first-order chi connectivity index (χ1) is 13.0. The number of methoxy groups -OCH3 is 1. The van der Waals surface area contributed by atoms with Crippen molar-refractivity contribution in [2.45, 2.75) is 13.8 Å². The Labute approximate surface area is 169 Å². The van der Waals surface area contributed by atoms with E-state index in [1.807, 2.05) is 54.6 Å². The molecule has 1 heterocycles. The lowest BCUT2D eigenvalue weighted by molar-refractivity contribution is -0.113. The molecule has 1 amide bonds. The van der Waals surface area contributed by atoms with Crippen LogP contribution in [-0.2, 0) is 4.79 Å². The molecule has 2 aromatic carbocycles. The van der Waals surface area contributed by atoms with Crippen molar-refractivity contribution < 1.29 is 14.3 Å². The minimum absolute atomic E-state index is 0.144. The van der Waals surface area contributed by atoms with Crippen LogP contribution in [0.25, 0.3) is 6.08 Å². The summed E-state index contributed by atoms with van der Waals surface area (Å²) in [5.74, 6) is 1.76. The van der Waals surface area contributed by atoms with E-state index in [0.717, 1.165) is 11.3 Å². The zero-order valence-electron chi connectivity index (χ0n) is 15.5. The van der Waals surface area contributed by atoms with Gasteiger partial charge in [-0.3, -0.25) is 9.69 Å². The number of para-hydroxylation sites is 2. The number of thiocarbonyl (C=S) groups is 1. The van der Waals surface area contributed by atoms with E-state index in [-0.39, 0.29) is 5.91 Å². The second-order valence-electron chi connectivity index (χ2n) is 6.46. The number of thioether (sulfide) groups is 1. The lowest BCUT2D eigenvalue weighted by atomic mass is 10.2. The van der Waals surface area contributed by atoms with Gasteiger partial charge in [0.1, 0.15) is 11.5 Å². The van der Waals surface area contributed by atoms with Crippen molar-refractivity contribution >= 4 is 46.0 Å². The van der Waals surface area contributed by atoms with Crippen molar-refractivity contribution in [1.82, 2.24) is 0 Å². The molecule has 1 fully saturated rings. The van der Waals surface area contributed by atoms with Gasteiger partial charge in [0.2, 0.25) is 0 Å². The highest BCUT2D eigenvalue weighted by molar-refractivity contribution is 8.27. The van der Waals surface area contributed by atoms with Gasteiger partial charge >= 0.3 is 0 Å². The van der Waals surface area contributed by atoms with Crippen molar-refractivity contribution in [1.29, 1.82) is 0 Å². The number of carbonyl (C=O) groups is 1. The molecule has 2 aromatic rings. The van der Waals surface area contributed by atoms with Gasteiger partial charge < -0.3 is 9.47 Å². The average Bonchev–Trinajstić information content (AvgIpc) is 2.94. The molecular formula is C21H21NO3S2. The zero-order chi connectivity index (χ0) is 19.4. The molecule has 140 valence electrons. The first-order valence-corrected chi connectivity index (χ1v) is 9.86. The van der Waals surface area contributed by atoms with Gasteiger partial charge in [-0.2, -0.15) is 0 Å². The number of rotatable bonds is 6. The van der Waals surface area contributed by atoms with Crippen molar-refractivity contribution in [3.8, 4) is 11.5 Å². The lowest BCUT2D eigenvalue weighted by Gasteiger charge is -2.17. The highest BCUT2D eigenvalue weighted by atomic mass is 32.2. The Balaban J connectivity index is 1.80. The van der Waals surface area contributed by atoms with Crippen LogP contribution in [0.15, 0.2) is 53.4 Å². The maximum atomic E-state index is 12.9. The Bertz CT molecular complexity index is 875. The molecule has 0 spiro atoms. The van der Waals surface area contributed by atoms with Gasteiger partial charge in [-0.15, -0.1) is 0 Å². The molecule has 6 heteroatoms. The standard InChI is InChI=1S/C21H21NO3S2/c1-14(2)13-25-16-10-8-15(9-11-16)12-19-20(23)22(21(26)27-19)17-6-4-5-7-18(17)24-3/h4-12,14H,13H2,1-3H3/b19-12-. The van der Waals surface area contributed by atoms with E-state index in [0.29, 0.717) is 33.2 Å².